The highest BCUT2D eigenvalue weighted by atomic mass is 35.5. The van der Waals surface area contributed by atoms with Gasteiger partial charge in [-0.05, 0) is 12.1 Å². The smallest absolute Gasteiger partial charge is 0.0925 e. The summed E-state index contributed by atoms with van der Waals surface area (Å²) in [6, 6.07) is 5.06. The summed E-state index contributed by atoms with van der Waals surface area (Å²) in [7, 11) is 0. The van der Waals surface area contributed by atoms with Crippen molar-refractivity contribution in [1.29, 1.82) is 0 Å². The normalized spacial score (nSPS) is 14.2. The van der Waals surface area contributed by atoms with Gasteiger partial charge in [-0.1, -0.05) is 6.07 Å². The zero-order valence-corrected chi connectivity index (χ0v) is 8.52. The fourth-order valence-electron chi connectivity index (χ4n) is 1.03. The molecular formula is C9H15ClN2O2. The van der Waals surface area contributed by atoms with E-state index in [-0.39, 0.29) is 19.0 Å². The van der Waals surface area contributed by atoms with Gasteiger partial charge in [0.05, 0.1) is 12.7 Å². The molecule has 0 saturated carbocycles. The Morgan fingerprint density at radius 1 is 1.43 bits per heavy atom. The average molecular weight is 219 g/mol. The lowest BCUT2D eigenvalue weighted by atomic mass is 10.1. The molecule has 0 aliphatic heterocycles. The maximum absolute atomic E-state index is 9.18. The molecular weight excluding hydrogens is 204 g/mol. The largest absolute Gasteiger partial charge is 0.394 e. The highest BCUT2D eigenvalue weighted by molar-refractivity contribution is 5.85. The monoisotopic (exact) mass is 218 g/mol. The van der Waals surface area contributed by atoms with Crippen LogP contribution in [0.1, 0.15) is 5.69 Å². The quantitative estimate of drug-likeness (QED) is 0.650. The van der Waals surface area contributed by atoms with E-state index in [2.05, 4.69) is 4.98 Å². The Balaban J connectivity index is 0.00000169. The molecule has 1 heterocycles. The van der Waals surface area contributed by atoms with Crippen LogP contribution in [-0.2, 0) is 6.42 Å². The van der Waals surface area contributed by atoms with Crippen LogP contribution in [0, 0.1) is 0 Å². The molecule has 1 aromatic heterocycles. The molecule has 0 aromatic carbocycles. The van der Waals surface area contributed by atoms with Gasteiger partial charge < -0.3 is 15.9 Å². The van der Waals surface area contributed by atoms with Crippen LogP contribution in [0.4, 0.5) is 0 Å². The van der Waals surface area contributed by atoms with Crippen LogP contribution in [0.25, 0.3) is 0 Å². The highest BCUT2D eigenvalue weighted by Crippen LogP contribution is 2.00. The zero-order valence-electron chi connectivity index (χ0n) is 7.71. The molecule has 0 unspecified atom stereocenters. The standard InChI is InChI=1S/C9H14N2O2.ClH/c10-8(9(13)6-12)5-7-3-1-2-4-11-7;/h1-4,8-9,12-13H,5-6,10H2;1H/t8-,9-;/m1./s1. The fourth-order valence-corrected chi connectivity index (χ4v) is 1.03. The van der Waals surface area contributed by atoms with Crippen molar-refractivity contribution in [2.45, 2.75) is 18.6 Å². The number of aromatic nitrogens is 1. The number of aliphatic hydroxyl groups is 2. The van der Waals surface area contributed by atoms with Crippen molar-refractivity contribution >= 4 is 12.4 Å². The van der Waals surface area contributed by atoms with Crippen LogP contribution in [-0.4, -0.2) is 33.9 Å². The van der Waals surface area contributed by atoms with Gasteiger partial charge in [-0.15, -0.1) is 12.4 Å². The summed E-state index contributed by atoms with van der Waals surface area (Å²) in [5.41, 5.74) is 6.43. The first-order valence-corrected chi connectivity index (χ1v) is 4.18. The predicted octanol–water partition coefficient (Wildman–Crippen LogP) is -0.274. The lowest BCUT2D eigenvalue weighted by Gasteiger charge is -2.15. The Kier molecular flexibility index (Phi) is 6.40. The van der Waals surface area contributed by atoms with Crippen LogP contribution in [0.3, 0.4) is 0 Å². The molecule has 1 aromatic rings. The van der Waals surface area contributed by atoms with E-state index in [1.807, 2.05) is 18.2 Å². The van der Waals surface area contributed by atoms with Gasteiger partial charge in [0.1, 0.15) is 0 Å². The van der Waals surface area contributed by atoms with Gasteiger partial charge >= 0.3 is 0 Å². The van der Waals surface area contributed by atoms with E-state index >= 15 is 0 Å². The minimum Gasteiger partial charge on any atom is -0.394 e. The third kappa shape index (κ3) is 4.02. The van der Waals surface area contributed by atoms with Crippen molar-refractivity contribution in [1.82, 2.24) is 4.98 Å². The molecule has 4 nitrogen and oxygen atoms in total. The summed E-state index contributed by atoms with van der Waals surface area (Å²) in [5.74, 6) is 0. The maximum atomic E-state index is 9.18. The molecule has 0 aliphatic rings. The van der Waals surface area contributed by atoms with Crippen molar-refractivity contribution in [2.24, 2.45) is 5.73 Å². The number of hydrogen-bond acceptors (Lipinski definition) is 4. The number of halogens is 1. The minimum atomic E-state index is -0.873. The third-order valence-corrected chi connectivity index (χ3v) is 1.85. The summed E-state index contributed by atoms with van der Waals surface area (Å²) in [4.78, 5) is 4.06. The van der Waals surface area contributed by atoms with Crippen LogP contribution in [0.2, 0.25) is 0 Å². The van der Waals surface area contributed by atoms with Gasteiger partial charge in [-0.3, -0.25) is 4.98 Å². The predicted molar refractivity (Wildman–Crippen MR) is 56.3 cm³/mol. The average Bonchev–Trinajstić information content (AvgIpc) is 2.18. The Hall–Kier alpha value is -0.680. The Morgan fingerprint density at radius 3 is 2.64 bits per heavy atom. The number of hydrogen-bond donors (Lipinski definition) is 3. The molecule has 0 saturated heterocycles. The van der Waals surface area contributed by atoms with E-state index in [1.165, 1.54) is 0 Å². The van der Waals surface area contributed by atoms with Gasteiger partial charge in [0.2, 0.25) is 0 Å². The molecule has 0 radical (unpaired) electrons. The lowest BCUT2D eigenvalue weighted by Crippen LogP contribution is -2.39. The van der Waals surface area contributed by atoms with Gasteiger partial charge in [0.25, 0.3) is 0 Å². The number of nitrogens with zero attached hydrogens (tertiary/aromatic N) is 1. The van der Waals surface area contributed by atoms with E-state index in [9.17, 15) is 5.11 Å². The number of nitrogens with two attached hydrogens (primary N) is 1. The molecule has 5 heteroatoms. The molecule has 0 amide bonds. The van der Waals surface area contributed by atoms with Crippen LogP contribution in [0.15, 0.2) is 24.4 Å². The van der Waals surface area contributed by atoms with Gasteiger partial charge in [0.15, 0.2) is 0 Å². The Labute approximate surface area is 89.2 Å². The Morgan fingerprint density at radius 2 is 2.14 bits per heavy atom. The Bertz CT molecular complexity index is 246. The summed E-state index contributed by atoms with van der Waals surface area (Å²) in [6.45, 7) is -0.312. The van der Waals surface area contributed by atoms with E-state index in [4.69, 9.17) is 10.8 Å². The highest BCUT2D eigenvalue weighted by Gasteiger charge is 2.14. The second-order valence-electron chi connectivity index (χ2n) is 2.94. The molecule has 14 heavy (non-hydrogen) atoms. The van der Waals surface area contributed by atoms with Gasteiger partial charge in [-0.25, -0.2) is 0 Å². The number of pyridine rings is 1. The van der Waals surface area contributed by atoms with Gasteiger partial charge in [-0.2, -0.15) is 0 Å². The molecule has 0 fully saturated rings. The molecule has 2 atom stereocenters. The third-order valence-electron chi connectivity index (χ3n) is 1.85. The first-order chi connectivity index (χ1) is 6.24. The first kappa shape index (κ1) is 13.3. The van der Waals surface area contributed by atoms with Crippen molar-refractivity contribution in [3.8, 4) is 0 Å². The molecule has 80 valence electrons. The topological polar surface area (TPSA) is 79.4 Å². The molecule has 0 aliphatic carbocycles. The second kappa shape index (κ2) is 6.73. The van der Waals surface area contributed by atoms with Crippen molar-refractivity contribution in [2.75, 3.05) is 6.61 Å². The van der Waals surface area contributed by atoms with Crippen molar-refractivity contribution < 1.29 is 10.2 Å². The second-order valence-corrected chi connectivity index (χ2v) is 2.94. The van der Waals surface area contributed by atoms with Crippen LogP contribution in [0.5, 0.6) is 0 Å². The number of aliphatic hydroxyl groups excluding tert-OH is 2. The van der Waals surface area contributed by atoms with E-state index < -0.39 is 12.1 Å². The number of rotatable bonds is 4. The molecule has 1 rings (SSSR count). The van der Waals surface area contributed by atoms with E-state index in [1.54, 1.807) is 6.20 Å². The molecule has 0 spiro atoms. The van der Waals surface area contributed by atoms with Crippen molar-refractivity contribution in [3.63, 3.8) is 0 Å². The van der Waals surface area contributed by atoms with Crippen molar-refractivity contribution in [3.05, 3.63) is 30.1 Å². The van der Waals surface area contributed by atoms with Gasteiger partial charge in [0, 0.05) is 24.4 Å². The van der Waals surface area contributed by atoms with Crippen LogP contribution >= 0.6 is 12.4 Å². The SMILES string of the molecule is Cl.N[C@H](Cc1ccccn1)[C@H](O)CO. The minimum absolute atomic E-state index is 0. The molecule has 4 N–H and O–H groups in total. The fraction of sp³-hybridized carbons (Fsp3) is 0.444. The summed E-state index contributed by atoms with van der Waals surface area (Å²) >= 11 is 0. The first-order valence-electron chi connectivity index (χ1n) is 4.18. The summed E-state index contributed by atoms with van der Waals surface area (Å²) in [5, 5.41) is 17.8. The summed E-state index contributed by atoms with van der Waals surface area (Å²) in [6.07, 6.45) is 1.28. The molecule has 0 bridgehead atoms. The summed E-state index contributed by atoms with van der Waals surface area (Å²) < 4.78 is 0. The van der Waals surface area contributed by atoms with E-state index in [0.717, 1.165) is 5.69 Å². The zero-order chi connectivity index (χ0) is 9.68. The lowest BCUT2D eigenvalue weighted by molar-refractivity contribution is 0.0740. The van der Waals surface area contributed by atoms with Crippen LogP contribution < -0.4 is 5.73 Å². The van der Waals surface area contributed by atoms with E-state index in [0.29, 0.717) is 6.42 Å². The maximum Gasteiger partial charge on any atom is 0.0925 e.